The van der Waals surface area contributed by atoms with E-state index in [1.54, 1.807) is 19.1 Å². The van der Waals surface area contributed by atoms with Crippen LogP contribution in [0.15, 0.2) is 44.7 Å². The smallest absolute Gasteiger partial charge is 0.311 e. The van der Waals surface area contributed by atoms with Gasteiger partial charge in [0.15, 0.2) is 5.16 Å². The van der Waals surface area contributed by atoms with Crippen LogP contribution in [-0.2, 0) is 16.0 Å². The molecule has 3 rings (SSSR count). The summed E-state index contributed by atoms with van der Waals surface area (Å²) in [5.74, 6) is -0.263. The molecule has 0 amide bonds. The van der Waals surface area contributed by atoms with Gasteiger partial charge < -0.3 is 14.1 Å². The van der Waals surface area contributed by atoms with E-state index < -0.39 is 5.97 Å². The topological polar surface area (TPSA) is 111 Å². The predicted molar refractivity (Wildman–Crippen MR) is 94.5 cm³/mol. The number of aromatic amines is 1. The molecule has 140 valence electrons. The first-order chi connectivity index (χ1) is 12.9. The summed E-state index contributed by atoms with van der Waals surface area (Å²) in [6.07, 6.45) is -0.0996. The fourth-order valence-electron chi connectivity index (χ4n) is 2.18. The zero-order valence-electron chi connectivity index (χ0n) is 14.4. The number of esters is 1. The van der Waals surface area contributed by atoms with Crippen LogP contribution in [0.1, 0.15) is 23.8 Å². The van der Waals surface area contributed by atoms with Crippen molar-refractivity contribution in [2.45, 2.75) is 23.8 Å². The molecule has 0 saturated carbocycles. The quantitative estimate of drug-likeness (QED) is 0.388. The summed E-state index contributed by atoms with van der Waals surface area (Å²) < 4.78 is 23.2. The number of carbonyl (C=O) groups is 1. The van der Waals surface area contributed by atoms with Gasteiger partial charge in [0.1, 0.15) is 5.82 Å². The molecule has 0 aliphatic heterocycles. The first-order valence-electron chi connectivity index (χ1n) is 7.87. The summed E-state index contributed by atoms with van der Waals surface area (Å²) in [6, 6.07) is 6.93. The highest BCUT2D eigenvalue weighted by atomic mass is 32.2. The maximum atomic E-state index is 13.0. The lowest BCUT2D eigenvalue weighted by Crippen LogP contribution is -2.14. The van der Waals surface area contributed by atoms with Gasteiger partial charge >= 0.3 is 5.97 Å². The lowest BCUT2D eigenvalue weighted by atomic mass is 10.2. The molecule has 0 aliphatic rings. The number of rotatable bonds is 6. The minimum Gasteiger partial charge on any atom is -0.469 e. The Morgan fingerprint density at radius 3 is 2.78 bits per heavy atom. The number of hydrogen-bond acceptors (Lipinski definition) is 8. The Bertz CT molecular complexity index is 1000. The number of H-pyrrole nitrogens is 1. The molecule has 27 heavy (non-hydrogen) atoms. The summed E-state index contributed by atoms with van der Waals surface area (Å²) in [7, 11) is 1.27. The zero-order chi connectivity index (χ0) is 19.4. The number of methoxy groups -OCH3 is 1. The van der Waals surface area contributed by atoms with Crippen LogP contribution in [0.5, 0.6) is 0 Å². The maximum Gasteiger partial charge on any atom is 0.311 e. The summed E-state index contributed by atoms with van der Waals surface area (Å²) in [5.41, 5.74) is 0.521. The summed E-state index contributed by atoms with van der Waals surface area (Å²) >= 11 is 1.20. The fraction of sp³-hybridized carbons (Fsp3) is 0.235. The molecule has 2 aromatic heterocycles. The van der Waals surface area contributed by atoms with Gasteiger partial charge in [0.2, 0.25) is 11.8 Å². The largest absolute Gasteiger partial charge is 0.469 e. The van der Waals surface area contributed by atoms with E-state index in [0.717, 1.165) is 0 Å². The van der Waals surface area contributed by atoms with Gasteiger partial charge in [0, 0.05) is 11.6 Å². The van der Waals surface area contributed by atoms with Crippen molar-refractivity contribution in [3.8, 4) is 11.5 Å². The molecule has 0 bridgehead atoms. The molecule has 8 nitrogen and oxygen atoms in total. The second kappa shape index (κ2) is 8.12. The van der Waals surface area contributed by atoms with Crippen LogP contribution in [0.25, 0.3) is 11.5 Å². The maximum absolute atomic E-state index is 13.0. The van der Waals surface area contributed by atoms with Crippen molar-refractivity contribution in [3.63, 3.8) is 0 Å². The lowest BCUT2D eigenvalue weighted by molar-refractivity contribution is -0.139. The van der Waals surface area contributed by atoms with Crippen LogP contribution in [0.3, 0.4) is 0 Å². The number of ether oxygens (including phenoxy) is 1. The minimum absolute atomic E-state index is 0.0996. The van der Waals surface area contributed by atoms with Gasteiger partial charge in [-0.1, -0.05) is 11.8 Å². The van der Waals surface area contributed by atoms with Gasteiger partial charge in [-0.3, -0.25) is 9.59 Å². The van der Waals surface area contributed by atoms with E-state index in [9.17, 15) is 14.0 Å². The van der Waals surface area contributed by atoms with Gasteiger partial charge in [-0.25, -0.2) is 9.37 Å². The van der Waals surface area contributed by atoms with E-state index in [0.29, 0.717) is 22.3 Å². The van der Waals surface area contributed by atoms with E-state index in [1.807, 2.05) is 0 Å². The molecule has 0 aliphatic carbocycles. The third-order valence-electron chi connectivity index (χ3n) is 3.49. The Kier molecular flexibility index (Phi) is 5.65. The predicted octanol–water partition coefficient (Wildman–Crippen LogP) is 2.53. The first kappa shape index (κ1) is 18.8. The third kappa shape index (κ3) is 4.79. The molecule has 10 heteroatoms. The average molecular weight is 390 g/mol. The highest BCUT2D eigenvalue weighted by Crippen LogP contribution is 2.32. The van der Waals surface area contributed by atoms with Gasteiger partial charge in [-0.15, -0.1) is 10.2 Å². The highest BCUT2D eigenvalue weighted by Gasteiger charge is 2.18. The van der Waals surface area contributed by atoms with Crippen molar-refractivity contribution in [1.82, 2.24) is 20.2 Å². The van der Waals surface area contributed by atoms with E-state index >= 15 is 0 Å². The van der Waals surface area contributed by atoms with Crippen LogP contribution in [-0.4, -0.2) is 33.2 Å². The van der Waals surface area contributed by atoms with Crippen LogP contribution < -0.4 is 5.56 Å². The fourth-order valence-corrected chi connectivity index (χ4v) is 3.04. The number of nitrogens with zero attached hydrogens (tertiary/aromatic N) is 3. The molecule has 3 aromatic rings. The number of nitrogens with one attached hydrogen (secondary N) is 1. The molecular formula is C17H15FN4O4S. The van der Waals surface area contributed by atoms with Gasteiger partial charge in [-0.05, 0) is 31.2 Å². The Balaban J connectivity index is 1.75. The number of hydrogen-bond donors (Lipinski definition) is 1. The minimum atomic E-state index is -0.488. The SMILES string of the molecule is COC(=O)Cc1cc(=O)[nH]c(S[C@H](C)c2nnc(-c3ccc(F)cc3)o2)n1. The summed E-state index contributed by atoms with van der Waals surface area (Å²) in [5, 5.41) is 7.95. The van der Waals surface area contributed by atoms with Gasteiger partial charge in [0.05, 0.1) is 24.5 Å². The molecule has 1 aromatic carbocycles. The zero-order valence-corrected chi connectivity index (χ0v) is 15.2. The Morgan fingerprint density at radius 1 is 1.33 bits per heavy atom. The third-order valence-corrected chi connectivity index (χ3v) is 4.47. The lowest BCUT2D eigenvalue weighted by Gasteiger charge is -2.07. The Labute approximate surface area is 157 Å². The van der Waals surface area contributed by atoms with Crippen molar-refractivity contribution in [3.05, 3.63) is 58.1 Å². The number of aromatic nitrogens is 4. The molecule has 1 N–H and O–H groups in total. The van der Waals surface area contributed by atoms with E-state index in [1.165, 1.54) is 37.1 Å². The molecule has 0 unspecified atom stereocenters. The van der Waals surface area contributed by atoms with Gasteiger partial charge in [0.25, 0.3) is 5.56 Å². The van der Waals surface area contributed by atoms with Crippen LogP contribution >= 0.6 is 11.8 Å². The molecule has 0 saturated heterocycles. The average Bonchev–Trinajstić information content (AvgIpc) is 3.12. The van der Waals surface area contributed by atoms with Crippen LogP contribution in [0, 0.1) is 5.82 Å². The van der Waals surface area contributed by atoms with E-state index in [2.05, 4.69) is 24.9 Å². The number of thioether (sulfide) groups is 1. The molecule has 0 fully saturated rings. The van der Waals surface area contributed by atoms with Crippen LogP contribution in [0.2, 0.25) is 0 Å². The second-order valence-corrected chi connectivity index (χ2v) is 6.84. The molecule has 0 radical (unpaired) electrons. The monoisotopic (exact) mass is 390 g/mol. The van der Waals surface area contributed by atoms with E-state index in [4.69, 9.17) is 4.42 Å². The van der Waals surface area contributed by atoms with Crippen LogP contribution in [0.4, 0.5) is 4.39 Å². The molecule has 0 spiro atoms. The van der Waals surface area contributed by atoms with Crippen molar-refractivity contribution in [2.75, 3.05) is 7.11 Å². The van der Waals surface area contributed by atoms with E-state index in [-0.39, 0.29) is 28.9 Å². The number of benzene rings is 1. The molecular weight excluding hydrogens is 375 g/mol. The standard InChI is InChI=1S/C17H15FN4O4S/c1-9(15-21-22-16(26-15)10-3-5-11(18)6-4-10)27-17-19-12(7-13(23)20-17)8-14(24)25-2/h3-7,9H,8H2,1-2H3,(H,19,20,23)/t9-/m1/s1. The molecule has 2 heterocycles. The van der Waals surface area contributed by atoms with Gasteiger partial charge in [-0.2, -0.15) is 0 Å². The first-order valence-corrected chi connectivity index (χ1v) is 8.75. The summed E-state index contributed by atoms with van der Waals surface area (Å²) in [4.78, 5) is 30.0. The van der Waals surface area contributed by atoms with Crippen molar-refractivity contribution >= 4 is 17.7 Å². The Hall–Kier alpha value is -3.01. The van der Waals surface area contributed by atoms with Crippen molar-refractivity contribution < 1.29 is 18.3 Å². The normalized spacial score (nSPS) is 12.0. The second-order valence-electron chi connectivity index (χ2n) is 5.51. The van der Waals surface area contributed by atoms with Crippen molar-refractivity contribution in [1.29, 1.82) is 0 Å². The number of carbonyl (C=O) groups excluding carboxylic acids is 1. The Morgan fingerprint density at radius 2 is 2.07 bits per heavy atom. The highest BCUT2D eigenvalue weighted by molar-refractivity contribution is 7.99. The van der Waals surface area contributed by atoms with Crippen molar-refractivity contribution in [2.24, 2.45) is 0 Å². The molecule has 1 atom stereocenters. The summed E-state index contributed by atoms with van der Waals surface area (Å²) in [6.45, 7) is 1.81. The number of halogens is 1.